The van der Waals surface area contributed by atoms with Crippen molar-refractivity contribution < 1.29 is 23.4 Å². The van der Waals surface area contributed by atoms with E-state index in [1.807, 2.05) is 24.3 Å². The molecule has 0 radical (unpaired) electrons. The summed E-state index contributed by atoms with van der Waals surface area (Å²) in [6.45, 7) is 0. The number of rotatable bonds is 6. The second kappa shape index (κ2) is 9.14. The Balaban J connectivity index is 1.50. The maximum absolute atomic E-state index is 14.4. The summed E-state index contributed by atoms with van der Waals surface area (Å²) in [7, 11) is 1.57. The van der Waals surface area contributed by atoms with Gasteiger partial charge < -0.3 is 20.1 Å². The lowest BCUT2D eigenvalue weighted by molar-refractivity contribution is -0.148. The third-order valence-corrected chi connectivity index (χ3v) is 7.87. The van der Waals surface area contributed by atoms with Crippen LogP contribution in [0.2, 0.25) is 0 Å². The molecule has 3 saturated carbocycles. The average Bonchev–Trinajstić information content (AvgIpc) is 3.33. The Morgan fingerprint density at radius 1 is 1.05 bits per heavy atom. The third kappa shape index (κ3) is 4.08. The van der Waals surface area contributed by atoms with E-state index in [1.165, 1.54) is 6.07 Å². The Kier molecular flexibility index (Phi) is 5.78. The Hall–Kier alpha value is -4.01. The Morgan fingerprint density at radius 3 is 2.57 bits per heavy atom. The van der Waals surface area contributed by atoms with Crippen molar-refractivity contribution in [2.24, 2.45) is 17.8 Å². The number of carboxylic acids is 1. The van der Waals surface area contributed by atoms with E-state index in [0.29, 0.717) is 33.8 Å². The number of fused-ring (bicyclic) bond motifs is 4. The van der Waals surface area contributed by atoms with Gasteiger partial charge in [-0.05, 0) is 55.7 Å². The number of hydrogen-bond donors (Lipinski definition) is 3. The van der Waals surface area contributed by atoms with Crippen molar-refractivity contribution in [1.29, 1.82) is 0 Å². The molecule has 3 N–H and O–H groups in total. The van der Waals surface area contributed by atoms with Crippen LogP contribution in [0.1, 0.15) is 25.7 Å². The van der Waals surface area contributed by atoms with Gasteiger partial charge in [0.2, 0.25) is 0 Å². The third-order valence-electron chi connectivity index (χ3n) is 7.87. The molecule has 2 bridgehead atoms. The summed E-state index contributed by atoms with van der Waals surface area (Å²) >= 11 is 0. The average molecular weight is 505 g/mol. The Morgan fingerprint density at radius 2 is 1.81 bits per heavy atom. The minimum absolute atomic E-state index is 0.134. The molecule has 0 aliphatic heterocycles. The monoisotopic (exact) mass is 504 g/mol. The van der Waals surface area contributed by atoms with E-state index in [-0.39, 0.29) is 29.2 Å². The normalized spacial score (nSPS) is 22.8. The Labute approximate surface area is 211 Å². The van der Waals surface area contributed by atoms with Crippen LogP contribution in [0.4, 0.5) is 14.6 Å². The van der Waals surface area contributed by atoms with E-state index >= 15 is 0 Å². The molecule has 3 fully saturated rings. The first kappa shape index (κ1) is 23.4. The molecule has 2 atom stereocenters. The van der Waals surface area contributed by atoms with Gasteiger partial charge >= 0.3 is 5.97 Å². The van der Waals surface area contributed by atoms with Crippen LogP contribution in [0, 0.1) is 29.4 Å². The number of nitrogens with one attached hydrogen (secondary N) is 2. The molecule has 37 heavy (non-hydrogen) atoms. The van der Waals surface area contributed by atoms with Crippen LogP contribution < -0.4 is 10.1 Å². The van der Waals surface area contributed by atoms with Gasteiger partial charge in [0, 0.05) is 40.9 Å². The lowest BCUT2D eigenvalue weighted by Gasteiger charge is -2.47. The van der Waals surface area contributed by atoms with Crippen molar-refractivity contribution in [2.75, 3.05) is 12.4 Å². The first-order valence-electron chi connectivity index (χ1n) is 12.4. The summed E-state index contributed by atoms with van der Waals surface area (Å²) in [5, 5.41) is 13.8. The fourth-order valence-corrected chi connectivity index (χ4v) is 6.16. The van der Waals surface area contributed by atoms with Gasteiger partial charge in [-0.3, -0.25) is 4.79 Å². The predicted octanol–water partition coefficient (Wildman–Crippen LogP) is 5.88. The van der Waals surface area contributed by atoms with E-state index in [1.54, 1.807) is 19.4 Å². The number of nitrogens with zero attached hydrogens (tertiary/aromatic N) is 2. The number of H-pyrrole nitrogens is 1. The van der Waals surface area contributed by atoms with E-state index in [2.05, 4.69) is 10.3 Å². The minimum atomic E-state index is -0.797. The zero-order chi connectivity index (χ0) is 25.7. The number of aromatic nitrogens is 3. The quantitative estimate of drug-likeness (QED) is 0.303. The van der Waals surface area contributed by atoms with E-state index in [4.69, 9.17) is 14.7 Å². The second-order valence-electron chi connectivity index (χ2n) is 9.88. The van der Waals surface area contributed by atoms with Crippen molar-refractivity contribution in [3.8, 4) is 28.4 Å². The summed E-state index contributed by atoms with van der Waals surface area (Å²) < 4.78 is 34.1. The molecule has 2 aromatic heterocycles. The lowest BCUT2D eigenvalue weighted by atomic mass is 9.61. The number of ether oxygens (including phenoxy) is 1. The summed E-state index contributed by atoms with van der Waals surface area (Å²) in [5.41, 5.74) is 1.86. The van der Waals surface area contributed by atoms with Crippen LogP contribution in [0.3, 0.4) is 0 Å². The molecule has 7 rings (SSSR count). The number of carboxylic acid groups (broad SMARTS) is 1. The number of benzene rings is 2. The molecular formula is C28H26F2N4O3. The standard InChI is InChI=1S/C28H26F2N4O3/c1-37-22-5-3-2-4-17(22)21-12-23(33-25-15-8-6-14(7-9-15)24(25)28(35)36)34-27(32-21)19-13-31-26-18(19)10-16(29)11-20(26)30/h2-5,10-15,24-25,31H,6-9H2,1H3,(H,35,36)(H,32,33,34). The number of methoxy groups -OCH3 is 1. The van der Waals surface area contributed by atoms with E-state index in [9.17, 15) is 18.7 Å². The van der Waals surface area contributed by atoms with Crippen molar-refractivity contribution in [3.05, 3.63) is 60.3 Å². The number of anilines is 1. The molecule has 2 heterocycles. The topological polar surface area (TPSA) is 100 Å². The molecular weight excluding hydrogens is 478 g/mol. The highest BCUT2D eigenvalue weighted by atomic mass is 19.1. The summed E-state index contributed by atoms with van der Waals surface area (Å²) in [6.07, 6.45) is 5.36. The highest BCUT2D eigenvalue weighted by molar-refractivity contribution is 5.94. The first-order valence-corrected chi connectivity index (χ1v) is 12.4. The molecule has 2 aromatic carbocycles. The van der Waals surface area contributed by atoms with Crippen LogP contribution >= 0.6 is 0 Å². The largest absolute Gasteiger partial charge is 0.496 e. The van der Waals surface area contributed by atoms with Gasteiger partial charge in [0.25, 0.3) is 0 Å². The van der Waals surface area contributed by atoms with Crippen LogP contribution in [-0.2, 0) is 4.79 Å². The van der Waals surface area contributed by atoms with Crippen LogP contribution in [0.15, 0.2) is 48.7 Å². The van der Waals surface area contributed by atoms with Gasteiger partial charge in [-0.1, -0.05) is 12.1 Å². The number of aromatic amines is 1. The lowest BCUT2D eigenvalue weighted by Crippen LogP contribution is -2.51. The molecule has 4 aromatic rings. The summed E-state index contributed by atoms with van der Waals surface area (Å²) in [6, 6.07) is 11.0. The number of para-hydroxylation sites is 1. The maximum atomic E-state index is 14.4. The van der Waals surface area contributed by atoms with Gasteiger partial charge in [0.15, 0.2) is 5.82 Å². The molecule has 190 valence electrons. The molecule has 7 nitrogen and oxygen atoms in total. The Bertz CT molecular complexity index is 1500. The van der Waals surface area contributed by atoms with E-state index < -0.39 is 23.5 Å². The van der Waals surface area contributed by atoms with Gasteiger partial charge in [0.05, 0.1) is 24.2 Å². The number of halogens is 2. The van der Waals surface area contributed by atoms with Crippen molar-refractivity contribution in [3.63, 3.8) is 0 Å². The number of aliphatic carboxylic acids is 1. The maximum Gasteiger partial charge on any atom is 0.308 e. The number of carbonyl (C=O) groups is 1. The smallest absolute Gasteiger partial charge is 0.308 e. The van der Waals surface area contributed by atoms with Crippen LogP contribution in [0.25, 0.3) is 33.5 Å². The van der Waals surface area contributed by atoms with Crippen LogP contribution in [-0.4, -0.2) is 39.2 Å². The first-order chi connectivity index (χ1) is 17.9. The van der Waals surface area contributed by atoms with Gasteiger partial charge in [-0.25, -0.2) is 18.7 Å². The van der Waals surface area contributed by atoms with E-state index in [0.717, 1.165) is 31.7 Å². The molecule has 0 spiro atoms. The highest BCUT2D eigenvalue weighted by Gasteiger charge is 2.47. The van der Waals surface area contributed by atoms with Gasteiger partial charge in [-0.2, -0.15) is 0 Å². The van der Waals surface area contributed by atoms with Gasteiger partial charge in [-0.15, -0.1) is 0 Å². The van der Waals surface area contributed by atoms with Crippen molar-refractivity contribution >= 4 is 22.7 Å². The number of hydrogen-bond acceptors (Lipinski definition) is 5. The molecule has 3 aliphatic carbocycles. The molecule has 3 aliphatic rings. The van der Waals surface area contributed by atoms with Crippen LogP contribution in [0.5, 0.6) is 5.75 Å². The van der Waals surface area contributed by atoms with Crippen molar-refractivity contribution in [2.45, 2.75) is 31.7 Å². The predicted molar refractivity (Wildman–Crippen MR) is 135 cm³/mol. The summed E-state index contributed by atoms with van der Waals surface area (Å²) in [5.74, 6) is -1.02. The zero-order valence-electron chi connectivity index (χ0n) is 20.2. The van der Waals surface area contributed by atoms with Gasteiger partial charge in [0.1, 0.15) is 23.2 Å². The molecule has 9 heteroatoms. The van der Waals surface area contributed by atoms with Crippen molar-refractivity contribution in [1.82, 2.24) is 15.0 Å². The molecule has 0 saturated heterocycles. The fraction of sp³-hybridized carbons (Fsp3) is 0.321. The summed E-state index contributed by atoms with van der Waals surface area (Å²) in [4.78, 5) is 24.5. The molecule has 0 amide bonds. The minimum Gasteiger partial charge on any atom is -0.496 e. The highest BCUT2D eigenvalue weighted by Crippen LogP contribution is 2.46. The fourth-order valence-electron chi connectivity index (χ4n) is 6.16. The second-order valence-corrected chi connectivity index (χ2v) is 9.88. The SMILES string of the molecule is COc1ccccc1-c1cc(NC2C3CCC(CC3)C2C(=O)O)nc(-c2c[nH]c3c(F)cc(F)cc23)n1. The molecule has 2 unspecified atom stereocenters. The zero-order valence-corrected chi connectivity index (χ0v) is 20.2.